The van der Waals surface area contributed by atoms with Gasteiger partial charge < -0.3 is 10.0 Å². The first-order valence-corrected chi connectivity index (χ1v) is 6.03. The second kappa shape index (κ2) is 5.96. The Balaban J connectivity index is 2.84. The topological polar surface area (TPSA) is 40.5 Å². The number of aliphatic hydroxyl groups excluding tert-OH is 1. The highest BCUT2D eigenvalue weighted by Gasteiger charge is 2.14. The molecular weight excluding hydrogens is 233 g/mol. The van der Waals surface area contributed by atoms with Crippen molar-refractivity contribution >= 4 is 5.91 Å². The van der Waals surface area contributed by atoms with Gasteiger partial charge in [0.15, 0.2) is 0 Å². The van der Waals surface area contributed by atoms with Gasteiger partial charge in [-0.05, 0) is 50.5 Å². The maximum absolute atomic E-state index is 13.5. The molecular formula is C14H20FNO2. The van der Waals surface area contributed by atoms with Gasteiger partial charge in [0, 0.05) is 19.2 Å². The summed E-state index contributed by atoms with van der Waals surface area (Å²) in [5.74, 6) is -0.417. The molecule has 0 aromatic heterocycles. The molecule has 0 fully saturated rings. The van der Waals surface area contributed by atoms with Crippen LogP contribution in [0.5, 0.6) is 0 Å². The normalized spacial score (nSPS) is 12.3. The lowest BCUT2D eigenvalue weighted by atomic mass is 10.1. The fourth-order valence-corrected chi connectivity index (χ4v) is 1.77. The van der Waals surface area contributed by atoms with Crippen LogP contribution in [-0.4, -0.2) is 35.6 Å². The molecule has 0 spiro atoms. The van der Waals surface area contributed by atoms with Gasteiger partial charge in [0.05, 0.1) is 6.10 Å². The molecule has 0 radical (unpaired) electrons. The summed E-state index contributed by atoms with van der Waals surface area (Å²) < 4.78 is 13.5. The van der Waals surface area contributed by atoms with Crippen LogP contribution in [-0.2, 0) is 0 Å². The summed E-state index contributed by atoms with van der Waals surface area (Å²) in [5.41, 5.74) is 1.43. The summed E-state index contributed by atoms with van der Waals surface area (Å²) in [7, 11) is 1.68. The van der Waals surface area contributed by atoms with Crippen molar-refractivity contribution in [2.45, 2.75) is 33.3 Å². The van der Waals surface area contributed by atoms with Crippen molar-refractivity contribution < 1.29 is 14.3 Å². The Kier molecular flexibility index (Phi) is 4.84. The third-order valence-corrected chi connectivity index (χ3v) is 2.91. The first-order valence-electron chi connectivity index (χ1n) is 6.03. The van der Waals surface area contributed by atoms with Crippen LogP contribution in [0.2, 0.25) is 0 Å². The molecule has 0 heterocycles. The van der Waals surface area contributed by atoms with E-state index in [0.29, 0.717) is 29.7 Å². The van der Waals surface area contributed by atoms with E-state index in [1.165, 1.54) is 0 Å². The van der Waals surface area contributed by atoms with Gasteiger partial charge in [-0.3, -0.25) is 4.79 Å². The summed E-state index contributed by atoms with van der Waals surface area (Å²) in [4.78, 5) is 13.6. The lowest BCUT2D eigenvalue weighted by Gasteiger charge is -2.18. The van der Waals surface area contributed by atoms with Gasteiger partial charge in [0.1, 0.15) is 5.82 Å². The molecule has 100 valence electrons. The average Bonchev–Trinajstić information content (AvgIpc) is 2.31. The minimum atomic E-state index is -0.433. The maximum atomic E-state index is 13.5. The molecule has 18 heavy (non-hydrogen) atoms. The van der Waals surface area contributed by atoms with Gasteiger partial charge in [-0.2, -0.15) is 0 Å². The number of rotatable bonds is 4. The number of aliphatic hydroxyl groups is 1. The highest BCUT2D eigenvalue weighted by Crippen LogP contribution is 2.16. The van der Waals surface area contributed by atoms with Crippen molar-refractivity contribution in [1.82, 2.24) is 4.90 Å². The summed E-state index contributed by atoms with van der Waals surface area (Å²) in [6.07, 6.45) is 0.0958. The van der Waals surface area contributed by atoms with Crippen molar-refractivity contribution in [2.75, 3.05) is 13.6 Å². The van der Waals surface area contributed by atoms with Crippen molar-refractivity contribution in [1.29, 1.82) is 0 Å². The Morgan fingerprint density at radius 3 is 2.33 bits per heavy atom. The lowest BCUT2D eigenvalue weighted by Crippen LogP contribution is -2.29. The van der Waals surface area contributed by atoms with Gasteiger partial charge >= 0.3 is 0 Å². The number of carbonyl (C=O) groups excluding carboxylic acids is 1. The minimum Gasteiger partial charge on any atom is -0.393 e. The van der Waals surface area contributed by atoms with E-state index >= 15 is 0 Å². The highest BCUT2D eigenvalue weighted by molar-refractivity contribution is 5.94. The molecule has 4 heteroatoms. The molecule has 1 N–H and O–H groups in total. The molecule has 0 aliphatic carbocycles. The Hall–Kier alpha value is -1.42. The molecule has 1 aromatic rings. The number of halogens is 1. The summed E-state index contributed by atoms with van der Waals surface area (Å²) in [6, 6.07) is 3.12. The van der Waals surface area contributed by atoms with Crippen LogP contribution in [0.15, 0.2) is 12.1 Å². The van der Waals surface area contributed by atoms with Gasteiger partial charge in [0.25, 0.3) is 5.91 Å². The second-order valence-electron chi connectivity index (χ2n) is 4.79. The number of nitrogens with zero attached hydrogens (tertiary/aromatic N) is 1. The molecule has 1 aromatic carbocycles. The third-order valence-electron chi connectivity index (χ3n) is 2.91. The quantitative estimate of drug-likeness (QED) is 0.894. The molecule has 0 bridgehead atoms. The van der Waals surface area contributed by atoms with Crippen LogP contribution < -0.4 is 0 Å². The number of aryl methyl sites for hydroxylation is 2. The summed E-state index contributed by atoms with van der Waals surface area (Å²) in [6.45, 7) is 5.46. The Morgan fingerprint density at radius 2 is 1.89 bits per heavy atom. The zero-order valence-corrected chi connectivity index (χ0v) is 11.3. The van der Waals surface area contributed by atoms with Crippen molar-refractivity contribution in [3.8, 4) is 0 Å². The molecule has 0 saturated carbocycles. The molecule has 0 aliphatic rings. The zero-order valence-electron chi connectivity index (χ0n) is 11.3. The van der Waals surface area contributed by atoms with Crippen LogP contribution in [0.4, 0.5) is 4.39 Å². The monoisotopic (exact) mass is 253 g/mol. The molecule has 1 unspecified atom stereocenters. The largest absolute Gasteiger partial charge is 0.393 e. The SMILES string of the molecule is Cc1cc(C(=O)N(C)CCC(C)O)cc(C)c1F. The molecule has 0 saturated heterocycles. The van der Waals surface area contributed by atoms with Crippen molar-refractivity contribution in [2.24, 2.45) is 0 Å². The predicted octanol–water partition coefficient (Wildman–Crippen LogP) is 2.29. The maximum Gasteiger partial charge on any atom is 0.253 e. The zero-order chi connectivity index (χ0) is 13.9. The average molecular weight is 253 g/mol. The number of benzene rings is 1. The first-order chi connectivity index (χ1) is 8.32. The van der Waals surface area contributed by atoms with E-state index < -0.39 is 6.10 Å². The Labute approximate surface area is 107 Å². The molecule has 0 aliphatic heterocycles. The van der Waals surface area contributed by atoms with Crippen molar-refractivity contribution in [3.05, 3.63) is 34.6 Å². The Bertz CT molecular complexity index is 420. The lowest BCUT2D eigenvalue weighted by molar-refractivity contribution is 0.0768. The summed E-state index contributed by atoms with van der Waals surface area (Å²) >= 11 is 0. The van der Waals surface area contributed by atoms with Gasteiger partial charge in [-0.25, -0.2) is 4.39 Å². The van der Waals surface area contributed by atoms with Gasteiger partial charge in [-0.1, -0.05) is 0 Å². The molecule has 1 atom stereocenters. The van der Waals surface area contributed by atoms with E-state index in [1.54, 1.807) is 44.9 Å². The fraction of sp³-hybridized carbons (Fsp3) is 0.500. The predicted molar refractivity (Wildman–Crippen MR) is 69.1 cm³/mol. The van der Waals surface area contributed by atoms with E-state index in [-0.39, 0.29) is 11.7 Å². The number of amides is 1. The van der Waals surface area contributed by atoms with E-state index in [0.717, 1.165) is 0 Å². The van der Waals surface area contributed by atoms with E-state index in [2.05, 4.69) is 0 Å². The van der Waals surface area contributed by atoms with Crippen LogP contribution in [0, 0.1) is 19.7 Å². The second-order valence-corrected chi connectivity index (χ2v) is 4.79. The number of hydrogen-bond acceptors (Lipinski definition) is 2. The van der Waals surface area contributed by atoms with Crippen LogP contribution in [0.1, 0.15) is 34.8 Å². The van der Waals surface area contributed by atoms with Crippen LogP contribution >= 0.6 is 0 Å². The molecule has 3 nitrogen and oxygen atoms in total. The minimum absolute atomic E-state index is 0.151. The van der Waals surface area contributed by atoms with Gasteiger partial charge in [-0.15, -0.1) is 0 Å². The highest BCUT2D eigenvalue weighted by atomic mass is 19.1. The van der Waals surface area contributed by atoms with Gasteiger partial charge in [0.2, 0.25) is 0 Å². The molecule has 1 amide bonds. The van der Waals surface area contributed by atoms with E-state index in [4.69, 9.17) is 0 Å². The standard InChI is InChI=1S/C14H20FNO2/c1-9-7-12(8-10(2)13(9)15)14(18)16(4)6-5-11(3)17/h7-8,11,17H,5-6H2,1-4H3. The first kappa shape index (κ1) is 14.6. The summed E-state index contributed by atoms with van der Waals surface area (Å²) in [5, 5.41) is 9.19. The van der Waals surface area contributed by atoms with E-state index in [1.807, 2.05) is 0 Å². The number of carbonyl (C=O) groups is 1. The number of hydrogen-bond donors (Lipinski definition) is 1. The third kappa shape index (κ3) is 3.53. The van der Waals surface area contributed by atoms with Crippen molar-refractivity contribution in [3.63, 3.8) is 0 Å². The van der Waals surface area contributed by atoms with Crippen LogP contribution in [0.3, 0.4) is 0 Å². The molecule has 1 rings (SSSR count). The smallest absolute Gasteiger partial charge is 0.253 e. The Morgan fingerprint density at radius 1 is 1.39 bits per heavy atom. The van der Waals surface area contributed by atoms with E-state index in [9.17, 15) is 14.3 Å². The van der Waals surface area contributed by atoms with Crippen LogP contribution in [0.25, 0.3) is 0 Å². The fourth-order valence-electron chi connectivity index (χ4n) is 1.77.